The van der Waals surface area contributed by atoms with Gasteiger partial charge in [-0.15, -0.1) is 0 Å². The van der Waals surface area contributed by atoms with Crippen LogP contribution in [0, 0.1) is 0 Å². The zero-order valence-corrected chi connectivity index (χ0v) is 22.9. The number of halogens is 1. The topological polar surface area (TPSA) is 81.8 Å². The number of fused-ring (bicyclic) bond motifs is 1. The third-order valence-corrected chi connectivity index (χ3v) is 7.91. The van der Waals surface area contributed by atoms with Gasteiger partial charge < -0.3 is 29.6 Å². The van der Waals surface area contributed by atoms with Crippen molar-refractivity contribution in [2.75, 3.05) is 83.4 Å². The molecule has 0 saturated carbocycles. The highest BCUT2D eigenvalue weighted by Crippen LogP contribution is 2.36. The molecule has 2 saturated heterocycles. The van der Waals surface area contributed by atoms with Gasteiger partial charge >= 0.3 is 0 Å². The van der Waals surface area contributed by atoms with Gasteiger partial charge in [0.25, 0.3) is 0 Å². The number of likely N-dealkylation sites (tertiary alicyclic amines) is 1. The number of anilines is 2. The first-order valence-corrected chi connectivity index (χ1v) is 13.6. The van der Waals surface area contributed by atoms with Gasteiger partial charge in [0.05, 0.1) is 36.3 Å². The lowest BCUT2D eigenvalue weighted by atomic mass is 10.0. The standard InChI is InChI=1S/C27H38ClN7O2/c1-4-33-9-7-20(8-10-33)30-24-21(28)18-29-27-25(24)31-26(32-27)19-5-6-22(23(17-19)37-3)35-13-11-34(12-14-35)15-16-36-2/h5-6,17-18,20H,4,7-16H2,1-3H3,(H2,29,30,31,32). The van der Waals surface area contributed by atoms with Crippen LogP contribution in [0.1, 0.15) is 19.8 Å². The highest BCUT2D eigenvalue weighted by atomic mass is 35.5. The fourth-order valence-corrected chi connectivity index (χ4v) is 5.51. The Kier molecular flexibility index (Phi) is 8.34. The molecule has 37 heavy (non-hydrogen) atoms. The van der Waals surface area contributed by atoms with Crippen LogP contribution in [-0.4, -0.2) is 104 Å². The molecule has 2 aliphatic rings. The van der Waals surface area contributed by atoms with Crippen molar-refractivity contribution in [2.24, 2.45) is 0 Å². The summed E-state index contributed by atoms with van der Waals surface area (Å²) in [5.74, 6) is 1.60. The number of aromatic amines is 1. The van der Waals surface area contributed by atoms with E-state index in [1.165, 1.54) is 0 Å². The van der Waals surface area contributed by atoms with E-state index in [1.54, 1.807) is 20.4 Å². The van der Waals surface area contributed by atoms with Crippen LogP contribution in [-0.2, 0) is 4.74 Å². The summed E-state index contributed by atoms with van der Waals surface area (Å²) < 4.78 is 11.0. The average molecular weight is 528 g/mol. The van der Waals surface area contributed by atoms with Gasteiger partial charge in [0, 0.05) is 64.5 Å². The van der Waals surface area contributed by atoms with Crippen molar-refractivity contribution in [3.8, 4) is 17.1 Å². The molecular formula is C27H38ClN7O2. The van der Waals surface area contributed by atoms with Gasteiger partial charge in [0.1, 0.15) is 17.1 Å². The summed E-state index contributed by atoms with van der Waals surface area (Å²) in [6, 6.07) is 6.66. The lowest BCUT2D eigenvalue weighted by molar-refractivity contribution is 0.144. The Morgan fingerprint density at radius 1 is 1.08 bits per heavy atom. The van der Waals surface area contributed by atoms with E-state index in [2.05, 4.69) is 55.1 Å². The SMILES string of the molecule is CCN1CCC(Nc2c(Cl)cnc3[nH]c(-c4ccc(N5CCN(CCOC)CC5)c(OC)c4)nc23)CC1. The predicted octanol–water partition coefficient (Wildman–Crippen LogP) is 3.95. The lowest BCUT2D eigenvalue weighted by Gasteiger charge is -2.36. The first-order valence-electron chi connectivity index (χ1n) is 13.3. The molecule has 0 unspecified atom stereocenters. The van der Waals surface area contributed by atoms with E-state index in [-0.39, 0.29) is 0 Å². The van der Waals surface area contributed by atoms with Crippen molar-refractivity contribution in [1.29, 1.82) is 0 Å². The molecule has 2 aliphatic heterocycles. The van der Waals surface area contributed by atoms with Crippen molar-refractivity contribution in [3.63, 3.8) is 0 Å². The number of piperazine rings is 1. The minimum atomic E-state index is 0.375. The van der Waals surface area contributed by atoms with E-state index in [9.17, 15) is 0 Å². The van der Waals surface area contributed by atoms with E-state index >= 15 is 0 Å². The number of hydrogen-bond donors (Lipinski definition) is 2. The number of methoxy groups -OCH3 is 2. The molecule has 0 aliphatic carbocycles. The number of hydrogen-bond acceptors (Lipinski definition) is 8. The van der Waals surface area contributed by atoms with E-state index in [1.807, 2.05) is 0 Å². The quantitative estimate of drug-likeness (QED) is 0.433. The summed E-state index contributed by atoms with van der Waals surface area (Å²) in [4.78, 5) is 20.1. The van der Waals surface area contributed by atoms with Gasteiger partial charge in [0.2, 0.25) is 0 Å². The number of aromatic nitrogens is 3. The second-order valence-electron chi connectivity index (χ2n) is 9.82. The first-order chi connectivity index (χ1) is 18.1. The van der Waals surface area contributed by atoms with E-state index in [4.69, 9.17) is 26.1 Å². The molecule has 0 spiro atoms. The number of benzene rings is 1. The largest absolute Gasteiger partial charge is 0.495 e. The Morgan fingerprint density at radius 2 is 1.86 bits per heavy atom. The number of H-pyrrole nitrogens is 1. The van der Waals surface area contributed by atoms with Crippen LogP contribution in [0.15, 0.2) is 24.4 Å². The number of imidazole rings is 1. The van der Waals surface area contributed by atoms with Crippen LogP contribution in [0.3, 0.4) is 0 Å². The highest BCUT2D eigenvalue weighted by Gasteiger charge is 2.23. The molecule has 2 fully saturated rings. The Labute approximate surface area is 224 Å². The van der Waals surface area contributed by atoms with Crippen LogP contribution >= 0.6 is 11.6 Å². The summed E-state index contributed by atoms with van der Waals surface area (Å²) in [7, 11) is 3.48. The van der Waals surface area contributed by atoms with Gasteiger partial charge in [-0.25, -0.2) is 9.97 Å². The molecule has 3 aromatic rings. The summed E-state index contributed by atoms with van der Waals surface area (Å²) in [5.41, 5.74) is 4.42. The molecule has 9 nitrogen and oxygen atoms in total. The van der Waals surface area contributed by atoms with E-state index in [0.29, 0.717) is 11.1 Å². The predicted molar refractivity (Wildman–Crippen MR) is 150 cm³/mol. The number of nitrogens with zero attached hydrogens (tertiary/aromatic N) is 5. The Morgan fingerprint density at radius 3 is 2.57 bits per heavy atom. The molecular weight excluding hydrogens is 490 g/mol. The Balaban J connectivity index is 1.35. The maximum atomic E-state index is 6.60. The number of ether oxygens (including phenoxy) is 2. The van der Waals surface area contributed by atoms with Crippen molar-refractivity contribution in [2.45, 2.75) is 25.8 Å². The Hall–Kier alpha value is -2.59. The number of pyridine rings is 1. The van der Waals surface area contributed by atoms with Crippen LogP contribution in [0.25, 0.3) is 22.6 Å². The summed E-state index contributed by atoms with van der Waals surface area (Å²) >= 11 is 6.60. The van der Waals surface area contributed by atoms with Gasteiger partial charge in [-0.05, 0) is 37.6 Å². The van der Waals surface area contributed by atoms with Crippen molar-refractivity contribution < 1.29 is 9.47 Å². The smallest absolute Gasteiger partial charge is 0.159 e. The second kappa shape index (κ2) is 11.9. The molecule has 1 aromatic carbocycles. The minimum absolute atomic E-state index is 0.375. The third kappa shape index (κ3) is 5.80. The third-order valence-electron chi connectivity index (χ3n) is 7.63. The maximum absolute atomic E-state index is 6.60. The number of rotatable bonds is 9. The molecule has 0 amide bonds. The molecule has 200 valence electrons. The van der Waals surface area contributed by atoms with Gasteiger partial charge in [-0.2, -0.15) is 0 Å². The summed E-state index contributed by atoms with van der Waals surface area (Å²) in [6.07, 6.45) is 3.88. The van der Waals surface area contributed by atoms with E-state index in [0.717, 1.165) is 111 Å². The van der Waals surface area contributed by atoms with Gasteiger partial charge in [0.15, 0.2) is 5.65 Å². The first kappa shape index (κ1) is 26.0. The highest BCUT2D eigenvalue weighted by molar-refractivity contribution is 6.34. The fourth-order valence-electron chi connectivity index (χ4n) is 5.32. The molecule has 4 heterocycles. The summed E-state index contributed by atoms with van der Waals surface area (Å²) in [5, 5.41) is 4.27. The van der Waals surface area contributed by atoms with Crippen LogP contribution in [0.5, 0.6) is 5.75 Å². The second-order valence-corrected chi connectivity index (χ2v) is 10.2. The van der Waals surface area contributed by atoms with Gasteiger partial charge in [-0.3, -0.25) is 4.90 Å². The monoisotopic (exact) mass is 527 g/mol. The molecule has 0 bridgehead atoms. The van der Waals surface area contributed by atoms with Crippen LogP contribution in [0.4, 0.5) is 11.4 Å². The van der Waals surface area contributed by atoms with Crippen molar-refractivity contribution in [3.05, 3.63) is 29.4 Å². The lowest BCUT2D eigenvalue weighted by Crippen LogP contribution is -2.47. The van der Waals surface area contributed by atoms with Crippen molar-refractivity contribution in [1.82, 2.24) is 24.8 Å². The zero-order chi connectivity index (χ0) is 25.8. The van der Waals surface area contributed by atoms with Crippen molar-refractivity contribution >= 4 is 34.1 Å². The number of nitrogens with one attached hydrogen (secondary N) is 2. The molecule has 2 N–H and O–H groups in total. The van der Waals surface area contributed by atoms with Gasteiger partial charge in [-0.1, -0.05) is 18.5 Å². The maximum Gasteiger partial charge on any atom is 0.159 e. The minimum Gasteiger partial charge on any atom is -0.495 e. The molecule has 2 aromatic heterocycles. The fraction of sp³-hybridized carbons (Fsp3) is 0.556. The molecule has 10 heteroatoms. The molecule has 0 atom stereocenters. The number of piperidine rings is 1. The molecule has 0 radical (unpaired) electrons. The average Bonchev–Trinajstić information content (AvgIpc) is 3.38. The zero-order valence-electron chi connectivity index (χ0n) is 22.1. The Bertz CT molecular complexity index is 1190. The normalized spacial score (nSPS) is 18.0. The molecule has 5 rings (SSSR count). The van der Waals surface area contributed by atoms with Crippen LogP contribution < -0.4 is 15.0 Å². The summed E-state index contributed by atoms with van der Waals surface area (Å²) in [6.45, 7) is 11.2. The van der Waals surface area contributed by atoms with E-state index < -0.39 is 0 Å². The van der Waals surface area contributed by atoms with Crippen LogP contribution in [0.2, 0.25) is 5.02 Å².